The summed E-state index contributed by atoms with van der Waals surface area (Å²) in [6, 6.07) is 19.8. The molecular weight excluding hydrogens is 508 g/mol. The minimum absolute atomic E-state index is 0.522. The van der Waals surface area contributed by atoms with Gasteiger partial charge in [0.1, 0.15) is 7.05 Å². The normalized spacial score (nSPS) is 24.1. The molecule has 1 saturated carbocycles. The standard InChI is InChI=1S/C34H48N6O/c1-38-36-33(35-37-38)30-16-14-27(15-17-30)11-8-18-34(41)19-21-39(22-20-34)24-31-25-40(23-28-9-4-2-5-10-28)26-32(31)29-12-6-3-7-13-29/h3,6-7,12-17,28,31-32,41H,2,4-5,8-11,18-26H2,1H3/p+1. The zero-order valence-corrected chi connectivity index (χ0v) is 24.9. The van der Waals surface area contributed by atoms with Crippen LogP contribution in [0, 0.1) is 11.8 Å². The molecule has 7 nitrogen and oxygen atoms in total. The molecule has 220 valence electrons. The third-order valence-electron chi connectivity index (χ3n) is 10.1. The van der Waals surface area contributed by atoms with Crippen LogP contribution in [0.15, 0.2) is 54.6 Å². The van der Waals surface area contributed by atoms with Gasteiger partial charge in [-0.2, -0.15) is 0 Å². The van der Waals surface area contributed by atoms with Gasteiger partial charge in [0.15, 0.2) is 0 Å². The lowest BCUT2D eigenvalue weighted by molar-refractivity contribution is -0.783. The molecule has 1 aliphatic carbocycles. The van der Waals surface area contributed by atoms with E-state index in [4.69, 9.17) is 0 Å². The maximum absolute atomic E-state index is 11.4. The fourth-order valence-corrected chi connectivity index (χ4v) is 7.71. The fourth-order valence-electron chi connectivity index (χ4n) is 7.71. The summed E-state index contributed by atoms with van der Waals surface area (Å²) < 4.78 is 0. The van der Waals surface area contributed by atoms with Crippen LogP contribution >= 0.6 is 0 Å². The number of nitrogens with zero attached hydrogens (tertiary/aromatic N) is 5. The lowest BCUT2D eigenvalue weighted by atomic mass is 9.84. The molecule has 6 rings (SSSR count). The van der Waals surface area contributed by atoms with E-state index in [9.17, 15) is 5.11 Å². The van der Waals surface area contributed by atoms with Crippen molar-refractivity contribution in [3.05, 3.63) is 65.7 Å². The molecule has 2 unspecified atom stereocenters. The van der Waals surface area contributed by atoms with Crippen LogP contribution in [0.25, 0.3) is 11.4 Å². The van der Waals surface area contributed by atoms with Crippen molar-refractivity contribution in [3.8, 4) is 11.4 Å². The maximum Gasteiger partial charge on any atom is 0.338 e. The summed E-state index contributed by atoms with van der Waals surface area (Å²) in [5, 5.41) is 22.8. The number of benzene rings is 2. The first-order valence-electron chi connectivity index (χ1n) is 16.1. The molecule has 0 bridgehead atoms. The van der Waals surface area contributed by atoms with Crippen molar-refractivity contribution >= 4 is 0 Å². The number of nitrogens with one attached hydrogen (secondary N) is 1. The first-order valence-corrected chi connectivity index (χ1v) is 16.1. The number of aromatic nitrogens is 4. The Morgan fingerprint density at radius 1 is 0.927 bits per heavy atom. The summed E-state index contributed by atoms with van der Waals surface area (Å²) >= 11 is 0. The van der Waals surface area contributed by atoms with Crippen LogP contribution in [-0.2, 0) is 13.5 Å². The Labute approximate surface area is 245 Å². The number of hydrogen-bond acceptors (Lipinski definition) is 5. The molecule has 1 aromatic heterocycles. The van der Waals surface area contributed by atoms with Gasteiger partial charge in [0.05, 0.1) is 16.3 Å². The molecule has 2 atom stereocenters. The largest absolute Gasteiger partial charge is 0.390 e. The molecular formula is C34H49N6O+. The lowest BCUT2D eigenvalue weighted by Crippen LogP contribution is -2.46. The van der Waals surface area contributed by atoms with Crippen LogP contribution in [0.2, 0.25) is 0 Å². The Morgan fingerprint density at radius 3 is 2.39 bits per heavy atom. The summed E-state index contributed by atoms with van der Waals surface area (Å²) in [5.74, 6) is 2.91. The number of hydrogen-bond donors (Lipinski definition) is 2. The molecule has 41 heavy (non-hydrogen) atoms. The van der Waals surface area contributed by atoms with E-state index >= 15 is 0 Å². The van der Waals surface area contributed by atoms with Gasteiger partial charge in [-0.1, -0.05) is 66.5 Å². The number of aromatic amines is 1. The predicted molar refractivity (Wildman–Crippen MR) is 162 cm³/mol. The lowest BCUT2D eigenvalue weighted by Gasteiger charge is -2.40. The van der Waals surface area contributed by atoms with Gasteiger partial charge in [-0.15, -0.1) is 0 Å². The Morgan fingerprint density at radius 2 is 1.68 bits per heavy atom. The molecule has 2 N–H and O–H groups in total. The van der Waals surface area contributed by atoms with E-state index in [1.165, 1.54) is 62.9 Å². The maximum atomic E-state index is 11.4. The second kappa shape index (κ2) is 13.1. The second-order valence-electron chi connectivity index (χ2n) is 13.2. The summed E-state index contributed by atoms with van der Waals surface area (Å²) in [6.45, 7) is 6.91. The number of H-pyrrole nitrogens is 1. The van der Waals surface area contributed by atoms with Crippen molar-refractivity contribution in [1.82, 2.24) is 25.2 Å². The Balaban J connectivity index is 0.980. The van der Waals surface area contributed by atoms with Crippen LogP contribution in [0.3, 0.4) is 0 Å². The Hall–Kier alpha value is -2.61. The van der Waals surface area contributed by atoms with Gasteiger partial charge in [0.25, 0.3) is 0 Å². The third-order valence-corrected chi connectivity index (χ3v) is 10.1. The molecule has 0 spiro atoms. The zero-order chi connectivity index (χ0) is 28.1. The molecule has 3 aliphatic rings. The van der Waals surface area contributed by atoms with Gasteiger partial charge in [-0.3, -0.25) is 0 Å². The van der Waals surface area contributed by atoms with Crippen LogP contribution < -0.4 is 4.80 Å². The summed E-state index contributed by atoms with van der Waals surface area (Å²) in [7, 11) is 1.84. The molecule has 3 fully saturated rings. The average molecular weight is 558 g/mol. The summed E-state index contributed by atoms with van der Waals surface area (Å²) in [6.07, 6.45) is 11.8. The van der Waals surface area contributed by atoms with E-state index in [-0.39, 0.29) is 0 Å². The van der Waals surface area contributed by atoms with E-state index in [2.05, 4.69) is 79.8 Å². The highest BCUT2D eigenvalue weighted by molar-refractivity contribution is 5.53. The number of likely N-dealkylation sites (tertiary alicyclic amines) is 2. The number of tetrazole rings is 1. The highest BCUT2D eigenvalue weighted by atomic mass is 16.3. The van der Waals surface area contributed by atoms with Crippen molar-refractivity contribution in [1.29, 1.82) is 0 Å². The Bertz CT molecular complexity index is 1210. The third kappa shape index (κ3) is 7.43. The van der Waals surface area contributed by atoms with Crippen molar-refractivity contribution < 1.29 is 9.90 Å². The summed E-state index contributed by atoms with van der Waals surface area (Å²) in [4.78, 5) is 7.05. The molecule has 0 radical (unpaired) electrons. The van der Waals surface area contributed by atoms with Gasteiger partial charge in [0.2, 0.25) is 0 Å². The van der Waals surface area contributed by atoms with Gasteiger partial charge < -0.3 is 14.9 Å². The molecule has 7 heteroatoms. The van der Waals surface area contributed by atoms with Gasteiger partial charge >= 0.3 is 5.82 Å². The minimum Gasteiger partial charge on any atom is -0.390 e. The van der Waals surface area contributed by atoms with Crippen LogP contribution in [0.4, 0.5) is 0 Å². The molecule has 3 aromatic rings. The van der Waals surface area contributed by atoms with E-state index in [1.54, 1.807) is 4.80 Å². The smallest absolute Gasteiger partial charge is 0.338 e. The van der Waals surface area contributed by atoms with Crippen molar-refractivity contribution in [2.75, 3.05) is 39.3 Å². The molecule has 2 aromatic carbocycles. The van der Waals surface area contributed by atoms with Gasteiger partial charge in [-0.05, 0) is 90.4 Å². The molecule has 2 saturated heterocycles. The highest BCUT2D eigenvalue weighted by Gasteiger charge is 2.38. The summed E-state index contributed by atoms with van der Waals surface area (Å²) in [5.41, 5.74) is 3.32. The SMILES string of the molecule is C[n+]1nc(-c2ccc(CCCC3(O)CCN(CC4CN(CC5CCCCC5)CC4c4ccccc4)CC3)cc2)n[nH]1. The molecule has 0 amide bonds. The first-order chi connectivity index (χ1) is 20.0. The Kier molecular flexibility index (Phi) is 9.13. The zero-order valence-electron chi connectivity index (χ0n) is 24.9. The van der Waals surface area contributed by atoms with E-state index in [0.717, 1.165) is 63.2 Å². The number of aryl methyl sites for hydroxylation is 2. The van der Waals surface area contributed by atoms with Gasteiger partial charge in [0, 0.05) is 45.2 Å². The van der Waals surface area contributed by atoms with Crippen molar-refractivity contribution in [2.24, 2.45) is 18.9 Å². The molecule has 3 heterocycles. The minimum atomic E-state index is -0.522. The number of aliphatic hydroxyl groups is 1. The molecule has 2 aliphatic heterocycles. The predicted octanol–water partition coefficient (Wildman–Crippen LogP) is 4.74. The first kappa shape index (κ1) is 28.5. The quantitative estimate of drug-likeness (QED) is 0.352. The second-order valence-corrected chi connectivity index (χ2v) is 13.2. The number of rotatable bonds is 10. The number of piperidine rings is 1. The van der Waals surface area contributed by atoms with Crippen LogP contribution in [0.1, 0.15) is 74.8 Å². The van der Waals surface area contributed by atoms with Gasteiger partial charge in [-0.25, -0.2) is 0 Å². The van der Waals surface area contributed by atoms with E-state index in [0.29, 0.717) is 17.7 Å². The topological polar surface area (TPSA) is 72.2 Å². The van der Waals surface area contributed by atoms with Crippen molar-refractivity contribution in [3.63, 3.8) is 0 Å². The van der Waals surface area contributed by atoms with Crippen LogP contribution in [-0.4, -0.2) is 75.2 Å². The van der Waals surface area contributed by atoms with Crippen LogP contribution in [0.5, 0.6) is 0 Å². The average Bonchev–Trinajstić information content (AvgIpc) is 3.61. The monoisotopic (exact) mass is 557 g/mol. The van der Waals surface area contributed by atoms with Crippen molar-refractivity contribution in [2.45, 2.75) is 75.7 Å². The highest BCUT2D eigenvalue weighted by Crippen LogP contribution is 2.36. The van der Waals surface area contributed by atoms with E-state index in [1.807, 2.05) is 7.05 Å². The fraction of sp³-hybridized carbons (Fsp3) is 0.618. The van der Waals surface area contributed by atoms with E-state index < -0.39 is 5.60 Å².